The van der Waals surface area contributed by atoms with E-state index < -0.39 is 0 Å². The molecule has 0 aliphatic heterocycles. The minimum atomic E-state index is -0.108. The Hall–Kier alpha value is -0.0151. The minimum Gasteiger partial charge on any atom is -0.450 e. The van der Waals surface area contributed by atoms with E-state index >= 15 is 0 Å². The maximum atomic E-state index is 9.26. The highest BCUT2D eigenvalue weighted by Crippen LogP contribution is 2.04. The summed E-state index contributed by atoms with van der Waals surface area (Å²) in [5, 5.41) is 9.26. The lowest BCUT2D eigenvalue weighted by Gasteiger charge is -2.02. The Balaban J connectivity index is 3.00. The number of nitrogens with two attached hydrogens (primary N) is 1. The zero-order valence-electron chi connectivity index (χ0n) is 6.84. The van der Waals surface area contributed by atoms with Crippen LogP contribution in [-0.2, 0) is 0 Å². The Labute approximate surface area is 63.9 Å². The first-order valence-electron chi connectivity index (χ1n) is 4.19. The van der Waals surface area contributed by atoms with Gasteiger partial charge in [-0.1, -0.05) is 19.8 Å². The number of hydrogen-bond donors (Lipinski definition) is 2. The summed E-state index contributed by atoms with van der Waals surface area (Å²) in [4.78, 5) is 0. The average molecular weight is 143 g/mol. The second-order valence-corrected chi connectivity index (χ2v) is 2.73. The molecule has 0 bridgehead atoms. The van der Waals surface area contributed by atoms with Crippen LogP contribution in [0.2, 0.25) is 12.6 Å². The van der Waals surface area contributed by atoms with Crippen LogP contribution in [0.5, 0.6) is 0 Å². The molecule has 0 heterocycles. The van der Waals surface area contributed by atoms with Crippen molar-refractivity contribution >= 4 is 6.92 Å². The van der Waals surface area contributed by atoms with Crippen LogP contribution in [0.15, 0.2) is 0 Å². The van der Waals surface area contributed by atoms with Crippen LogP contribution in [0, 0.1) is 0 Å². The highest BCUT2D eigenvalue weighted by molar-refractivity contribution is 6.50. The van der Waals surface area contributed by atoms with E-state index in [-0.39, 0.29) is 6.92 Å². The highest BCUT2D eigenvalue weighted by Gasteiger charge is 2.07. The zero-order chi connectivity index (χ0) is 7.82. The predicted octanol–water partition coefficient (Wildman–Crippen LogP) is 1.12. The molecule has 0 aliphatic carbocycles. The van der Waals surface area contributed by atoms with E-state index in [2.05, 4.69) is 6.92 Å². The van der Waals surface area contributed by atoms with Gasteiger partial charge in [-0.25, -0.2) is 0 Å². The highest BCUT2D eigenvalue weighted by atomic mass is 16.2. The molecule has 0 rings (SSSR count). The van der Waals surface area contributed by atoms with Gasteiger partial charge in [-0.2, -0.15) is 0 Å². The predicted molar refractivity (Wildman–Crippen MR) is 46.2 cm³/mol. The van der Waals surface area contributed by atoms with Crippen LogP contribution < -0.4 is 5.73 Å². The molecule has 60 valence electrons. The van der Waals surface area contributed by atoms with Crippen molar-refractivity contribution in [3.63, 3.8) is 0 Å². The molecule has 0 amide bonds. The lowest BCUT2D eigenvalue weighted by Crippen LogP contribution is -2.13. The van der Waals surface area contributed by atoms with E-state index in [0.29, 0.717) is 6.54 Å². The molecule has 0 aromatic heterocycles. The molecule has 0 unspecified atom stereocenters. The summed E-state index contributed by atoms with van der Waals surface area (Å²) < 4.78 is 0. The molecule has 0 aromatic carbocycles. The van der Waals surface area contributed by atoms with Gasteiger partial charge < -0.3 is 10.8 Å². The first-order chi connectivity index (χ1) is 4.81. The van der Waals surface area contributed by atoms with Crippen molar-refractivity contribution in [2.45, 2.75) is 38.8 Å². The molecule has 2 nitrogen and oxygen atoms in total. The van der Waals surface area contributed by atoms with E-state index in [1.165, 1.54) is 6.42 Å². The van der Waals surface area contributed by atoms with E-state index in [0.717, 1.165) is 25.5 Å². The van der Waals surface area contributed by atoms with Crippen molar-refractivity contribution in [1.82, 2.24) is 0 Å². The molecular formula is C7H18BNO. The van der Waals surface area contributed by atoms with Gasteiger partial charge in [-0.05, 0) is 25.6 Å². The van der Waals surface area contributed by atoms with Gasteiger partial charge >= 0.3 is 0 Å². The van der Waals surface area contributed by atoms with Crippen molar-refractivity contribution in [2.24, 2.45) is 5.73 Å². The smallest absolute Gasteiger partial charge is 0.289 e. The normalized spacial score (nSPS) is 9.90. The van der Waals surface area contributed by atoms with Crippen molar-refractivity contribution in [3.05, 3.63) is 0 Å². The topological polar surface area (TPSA) is 46.2 Å². The monoisotopic (exact) mass is 143 g/mol. The molecule has 0 atom stereocenters. The summed E-state index contributed by atoms with van der Waals surface area (Å²) in [7, 11) is 0. The third-order valence-electron chi connectivity index (χ3n) is 1.63. The van der Waals surface area contributed by atoms with Crippen LogP contribution in [0.1, 0.15) is 26.2 Å². The number of rotatable bonds is 6. The van der Waals surface area contributed by atoms with Crippen molar-refractivity contribution in [3.8, 4) is 0 Å². The summed E-state index contributed by atoms with van der Waals surface area (Å²) in [6.45, 7) is 2.72. The SMILES string of the molecule is CCCCB(O)CCCN. The summed E-state index contributed by atoms with van der Waals surface area (Å²) in [6, 6.07) is 0. The largest absolute Gasteiger partial charge is 0.450 e. The second-order valence-electron chi connectivity index (χ2n) is 2.73. The number of hydrogen-bond acceptors (Lipinski definition) is 2. The Morgan fingerprint density at radius 1 is 1.30 bits per heavy atom. The van der Waals surface area contributed by atoms with E-state index in [1.807, 2.05) is 0 Å². The van der Waals surface area contributed by atoms with Gasteiger partial charge in [0.05, 0.1) is 0 Å². The molecule has 0 radical (unpaired) electrons. The van der Waals surface area contributed by atoms with Gasteiger partial charge in [0.15, 0.2) is 0 Å². The summed E-state index contributed by atoms with van der Waals surface area (Å²) in [5.41, 5.74) is 5.29. The Kier molecular flexibility index (Phi) is 7.09. The van der Waals surface area contributed by atoms with Crippen LogP contribution in [0.4, 0.5) is 0 Å². The van der Waals surface area contributed by atoms with Crippen molar-refractivity contribution in [1.29, 1.82) is 0 Å². The molecule has 0 spiro atoms. The zero-order valence-corrected chi connectivity index (χ0v) is 6.84. The average Bonchev–Trinajstić information content (AvgIpc) is 1.97. The summed E-state index contributed by atoms with van der Waals surface area (Å²) in [5.74, 6) is 0. The molecule has 0 aromatic rings. The molecule has 0 fully saturated rings. The van der Waals surface area contributed by atoms with Gasteiger partial charge in [0.2, 0.25) is 0 Å². The first kappa shape index (κ1) is 9.98. The fourth-order valence-electron chi connectivity index (χ4n) is 0.938. The molecule has 3 heteroatoms. The standard InChI is InChI=1S/C7H18BNO/c1-2-3-5-8(10)6-4-7-9/h10H,2-7,9H2,1H3. The third-order valence-corrected chi connectivity index (χ3v) is 1.63. The molecule has 0 saturated carbocycles. The van der Waals surface area contributed by atoms with Gasteiger partial charge in [-0.15, -0.1) is 0 Å². The maximum absolute atomic E-state index is 9.26. The summed E-state index contributed by atoms with van der Waals surface area (Å²) >= 11 is 0. The summed E-state index contributed by atoms with van der Waals surface area (Å²) in [6.07, 6.45) is 5.06. The quantitative estimate of drug-likeness (QED) is 0.547. The molecule has 10 heavy (non-hydrogen) atoms. The van der Waals surface area contributed by atoms with E-state index in [9.17, 15) is 5.02 Å². The Morgan fingerprint density at radius 2 is 1.90 bits per heavy atom. The Morgan fingerprint density at radius 3 is 2.40 bits per heavy atom. The third kappa shape index (κ3) is 6.11. The van der Waals surface area contributed by atoms with Gasteiger partial charge in [0.1, 0.15) is 0 Å². The van der Waals surface area contributed by atoms with Crippen LogP contribution >= 0.6 is 0 Å². The minimum absolute atomic E-state index is 0.108. The van der Waals surface area contributed by atoms with Gasteiger partial charge in [-0.3, -0.25) is 0 Å². The van der Waals surface area contributed by atoms with Crippen LogP contribution in [-0.4, -0.2) is 18.5 Å². The van der Waals surface area contributed by atoms with Crippen LogP contribution in [0.3, 0.4) is 0 Å². The van der Waals surface area contributed by atoms with E-state index in [1.54, 1.807) is 0 Å². The maximum Gasteiger partial charge on any atom is 0.289 e. The fraction of sp³-hybridized carbons (Fsp3) is 1.00. The lowest BCUT2D eigenvalue weighted by atomic mass is 9.60. The molecule has 0 aliphatic rings. The van der Waals surface area contributed by atoms with Crippen molar-refractivity contribution in [2.75, 3.05) is 6.54 Å². The number of unbranched alkanes of at least 4 members (excludes halogenated alkanes) is 1. The van der Waals surface area contributed by atoms with Gasteiger partial charge in [0, 0.05) is 0 Å². The van der Waals surface area contributed by atoms with Gasteiger partial charge in [0.25, 0.3) is 6.92 Å². The molecule has 3 N–H and O–H groups in total. The first-order valence-corrected chi connectivity index (χ1v) is 4.19. The second kappa shape index (κ2) is 7.10. The van der Waals surface area contributed by atoms with Crippen molar-refractivity contribution < 1.29 is 5.02 Å². The Bertz CT molecular complexity index is 62.6. The van der Waals surface area contributed by atoms with Crippen LogP contribution in [0.25, 0.3) is 0 Å². The molecular weight excluding hydrogens is 125 g/mol. The molecule has 0 saturated heterocycles. The lowest BCUT2D eigenvalue weighted by molar-refractivity contribution is 0.556. The fourth-order valence-corrected chi connectivity index (χ4v) is 0.938. The van der Waals surface area contributed by atoms with E-state index in [4.69, 9.17) is 5.73 Å².